The average molecular weight is 314 g/mol. The zero-order chi connectivity index (χ0) is 16.6. The molecule has 0 saturated carbocycles. The molecule has 5 nitrogen and oxygen atoms in total. The number of allylic oxidation sites excluding steroid dienone is 1. The highest BCUT2D eigenvalue weighted by Crippen LogP contribution is 2.37. The minimum absolute atomic E-state index is 0.0805. The lowest BCUT2D eigenvalue weighted by molar-refractivity contribution is -0.112. The van der Waals surface area contributed by atoms with Crippen LogP contribution in [0.1, 0.15) is 25.8 Å². The number of ether oxygens (including phenoxy) is 1. The van der Waals surface area contributed by atoms with Crippen molar-refractivity contribution in [1.29, 1.82) is 0 Å². The number of aliphatic hydroxyl groups is 1. The van der Waals surface area contributed by atoms with Gasteiger partial charge in [0.15, 0.2) is 5.78 Å². The van der Waals surface area contributed by atoms with Crippen molar-refractivity contribution in [2.45, 2.75) is 38.4 Å². The molecule has 0 radical (unpaired) electrons. The highest BCUT2D eigenvalue weighted by molar-refractivity contribution is 5.87. The first-order valence-corrected chi connectivity index (χ1v) is 7.49. The van der Waals surface area contributed by atoms with Gasteiger partial charge in [-0.15, -0.1) is 0 Å². The number of fused-ring (bicyclic) bond motifs is 3. The lowest BCUT2D eigenvalue weighted by atomic mass is 9.92. The van der Waals surface area contributed by atoms with Crippen molar-refractivity contribution in [2.75, 3.05) is 0 Å². The molecular formula is C18H18O5. The minimum Gasteiger partial charge on any atom is -0.486 e. The number of carbonyl (C=O) groups is 1. The third-order valence-corrected chi connectivity index (χ3v) is 4.08. The van der Waals surface area contributed by atoms with E-state index in [1.807, 2.05) is 12.1 Å². The molecule has 0 aliphatic carbocycles. The maximum atomic E-state index is 12.1. The van der Waals surface area contributed by atoms with Gasteiger partial charge in [-0.2, -0.15) is 0 Å². The molecule has 1 aromatic heterocycles. The van der Waals surface area contributed by atoms with Gasteiger partial charge in [0.25, 0.3) is 0 Å². The fourth-order valence-corrected chi connectivity index (χ4v) is 2.78. The molecule has 0 unspecified atom stereocenters. The number of ketones is 1. The van der Waals surface area contributed by atoms with Gasteiger partial charge in [0, 0.05) is 6.42 Å². The summed E-state index contributed by atoms with van der Waals surface area (Å²) in [6.07, 6.45) is 3.01. The van der Waals surface area contributed by atoms with Crippen molar-refractivity contribution in [2.24, 2.45) is 0 Å². The fraction of sp³-hybridized carbons (Fsp3) is 0.333. The largest absolute Gasteiger partial charge is 0.486 e. The molecule has 0 fully saturated rings. The fourth-order valence-electron chi connectivity index (χ4n) is 2.78. The van der Waals surface area contributed by atoms with Gasteiger partial charge in [0.2, 0.25) is 0 Å². The lowest BCUT2D eigenvalue weighted by Crippen LogP contribution is -2.42. The van der Waals surface area contributed by atoms with E-state index in [9.17, 15) is 14.7 Å². The van der Waals surface area contributed by atoms with Crippen LogP contribution in [0.5, 0.6) is 5.75 Å². The van der Waals surface area contributed by atoms with Crippen molar-refractivity contribution in [1.82, 2.24) is 0 Å². The first kappa shape index (κ1) is 15.5. The van der Waals surface area contributed by atoms with Crippen LogP contribution in [0, 0.1) is 0 Å². The van der Waals surface area contributed by atoms with Crippen LogP contribution in [0.25, 0.3) is 11.0 Å². The van der Waals surface area contributed by atoms with Crippen LogP contribution >= 0.6 is 0 Å². The molecule has 0 spiro atoms. The molecule has 1 aromatic carbocycles. The van der Waals surface area contributed by atoms with Crippen LogP contribution in [0.15, 0.2) is 45.6 Å². The summed E-state index contributed by atoms with van der Waals surface area (Å²) in [6, 6.07) is 7.16. The molecule has 1 N–H and O–H groups in total. The van der Waals surface area contributed by atoms with Crippen LogP contribution < -0.4 is 10.4 Å². The second kappa shape index (κ2) is 5.66. The van der Waals surface area contributed by atoms with Crippen molar-refractivity contribution in [3.05, 3.63) is 52.4 Å². The van der Waals surface area contributed by atoms with E-state index < -0.39 is 17.3 Å². The van der Waals surface area contributed by atoms with Gasteiger partial charge in [-0.3, -0.25) is 4.79 Å². The Bertz CT molecular complexity index is 844. The normalized spacial score (nSPS) is 19.5. The topological polar surface area (TPSA) is 76.7 Å². The Labute approximate surface area is 133 Å². The number of benzene rings is 1. The van der Waals surface area contributed by atoms with Gasteiger partial charge in [-0.25, -0.2) is 4.79 Å². The van der Waals surface area contributed by atoms with E-state index in [0.717, 1.165) is 5.39 Å². The van der Waals surface area contributed by atoms with Crippen molar-refractivity contribution in [3.63, 3.8) is 0 Å². The summed E-state index contributed by atoms with van der Waals surface area (Å²) in [5, 5.41) is 11.4. The summed E-state index contributed by atoms with van der Waals surface area (Å²) in [4.78, 5) is 23.1. The molecule has 120 valence electrons. The molecule has 1 aliphatic heterocycles. The van der Waals surface area contributed by atoms with E-state index in [4.69, 9.17) is 9.15 Å². The predicted octanol–water partition coefficient (Wildman–Crippen LogP) is 2.38. The first-order valence-electron chi connectivity index (χ1n) is 7.49. The Hall–Kier alpha value is -2.40. The number of carbonyl (C=O) groups excluding carboxylic acids is 1. The number of hydrogen-bond acceptors (Lipinski definition) is 5. The maximum Gasteiger partial charge on any atom is 0.343 e. The van der Waals surface area contributed by atoms with Crippen LogP contribution in [-0.2, 0) is 11.2 Å². The second-order valence-corrected chi connectivity index (χ2v) is 6.08. The van der Waals surface area contributed by atoms with E-state index in [1.54, 1.807) is 25.1 Å². The quantitative estimate of drug-likeness (QED) is 0.692. The minimum atomic E-state index is -1.20. The van der Waals surface area contributed by atoms with Crippen LogP contribution in [0.2, 0.25) is 0 Å². The van der Waals surface area contributed by atoms with Crippen molar-refractivity contribution >= 4 is 16.8 Å². The molecule has 0 saturated heterocycles. The van der Waals surface area contributed by atoms with Crippen LogP contribution in [-0.4, -0.2) is 22.6 Å². The Kier molecular flexibility index (Phi) is 3.82. The Morgan fingerprint density at radius 1 is 1.43 bits per heavy atom. The molecule has 5 heteroatoms. The highest BCUT2D eigenvalue weighted by Gasteiger charge is 2.40. The molecule has 2 atom stereocenters. The van der Waals surface area contributed by atoms with Gasteiger partial charge in [-0.05, 0) is 38.5 Å². The van der Waals surface area contributed by atoms with E-state index in [2.05, 4.69) is 0 Å². The van der Waals surface area contributed by atoms with E-state index in [1.165, 1.54) is 13.0 Å². The van der Waals surface area contributed by atoms with Gasteiger partial charge < -0.3 is 14.3 Å². The lowest BCUT2D eigenvalue weighted by Gasteiger charge is -2.28. The summed E-state index contributed by atoms with van der Waals surface area (Å²) < 4.78 is 11.2. The molecule has 23 heavy (non-hydrogen) atoms. The molecule has 0 amide bonds. The number of hydrogen-bond donors (Lipinski definition) is 1. The molecule has 3 rings (SSSR count). The average Bonchev–Trinajstić information content (AvgIpc) is 2.93. The van der Waals surface area contributed by atoms with Gasteiger partial charge >= 0.3 is 5.63 Å². The van der Waals surface area contributed by atoms with Gasteiger partial charge in [0.05, 0.1) is 10.9 Å². The first-order chi connectivity index (χ1) is 10.9. The summed E-state index contributed by atoms with van der Waals surface area (Å²) in [7, 11) is 0. The summed E-state index contributed by atoms with van der Waals surface area (Å²) in [5.41, 5.74) is -0.716. The Balaban J connectivity index is 1.92. The Morgan fingerprint density at radius 2 is 2.17 bits per heavy atom. The zero-order valence-electron chi connectivity index (χ0n) is 13.0. The van der Waals surface area contributed by atoms with Crippen molar-refractivity contribution in [3.8, 4) is 5.75 Å². The molecular weight excluding hydrogens is 296 g/mol. The summed E-state index contributed by atoms with van der Waals surface area (Å²) in [5.74, 6) is 0.403. The third kappa shape index (κ3) is 2.92. The van der Waals surface area contributed by atoms with Crippen LogP contribution in [0.3, 0.4) is 0 Å². The van der Waals surface area contributed by atoms with E-state index in [-0.39, 0.29) is 18.6 Å². The Morgan fingerprint density at radius 3 is 2.91 bits per heavy atom. The van der Waals surface area contributed by atoms with Crippen LogP contribution in [0.4, 0.5) is 0 Å². The van der Waals surface area contributed by atoms with Crippen molar-refractivity contribution < 1.29 is 19.1 Å². The third-order valence-electron chi connectivity index (χ3n) is 4.08. The van der Waals surface area contributed by atoms with Gasteiger partial charge in [-0.1, -0.05) is 18.2 Å². The number of para-hydroxylation sites is 1. The second-order valence-electron chi connectivity index (χ2n) is 6.08. The monoisotopic (exact) mass is 314 g/mol. The molecule has 2 aromatic rings. The van der Waals surface area contributed by atoms with E-state index in [0.29, 0.717) is 16.9 Å². The summed E-state index contributed by atoms with van der Waals surface area (Å²) >= 11 is 0. The smallest absolute Gasteiger partial charge is 0.343 e. The van der Waals surface area contributed by atoms with Gasteiger partial charge in [0.1, 0.15) is 23.0 Å². The number of rotatable bonds is 4. The molecule has 2 heterocycles. The molecule has 1 aliphatic rings. The van der Waals surface area contributed by atoms with E-state index >= 15 is 0 Å². The standard InChI is InChI=1S/C18H18O5/c1-11(19)6-5-9-18(2,21)15-10-13-16(23-15)12-7-3-4-8-14(12)22-17(13)20/h3-8,15,21H,9-10H2,1-2H3/b6-5+/t15-,18+/m0/s1. The zero-order valence-corrected chi connectivity index (χ0v) is 13.0. The summed E-state index contributed by atoms with van der Waals surface area (Å²) in [6.45, 7) is 3.09. The SMILES string of the molecule is CC(=O)/C=C/C[C@@](C)(O)[C@@H]1Cc2c(c3ccccc3oc2=O)O1. The molecule has 0 bridgehead atoms. The maximum absolute atomic E-state index is 12.1. The highest BCUT2D eigenvalue weighted by atomic mass is 16.5. The predicted molar refractivity (Wildman–Crippen MR) is 85.7 cm³/mol.